The van der Waals surface area contributed by atoms with Crippen LogP contribution >= 0.6 is 27.7 Å². The normalized spacial score (nSPS) is 10.4. The zero-order valence-corrected chi connectivity index (χ0v) is 16.6. The Bertz CT molecular complexity index is 959. The van der Waals surface area contributed by atoms with Crippen molar-refractivity contribution in [3.8, 4) is 0 Å². The molecule has 0 spiro atoms. The fourth-order valence-electron chi connectivity index (χ4n) is 2.17. The maximum Gasteiger partial charge on any atom is 0.270 e. The molecule has 3 aromatic rings. The number of halogens is 1. The fourth-order valence-corrected chi connectivity index (χ4v) is 3.32. The Balaban J connectivity index is 1.62. The molecule has 0 unspecified atom stereocenters. The number of rotatable bonds is 5. The summed E-state index contributed by atoms with van der Waals surface area (Å²) in [5.74, 6) is 0.673. The first-order valence-corrected chi connectivity index (χ1v) is 9.68. The van der Waals surface area contributed by atoms with Crippen molar-refractivity contribution in [2.75, 3.05) is 0 Å². The highest BCUT2D eigenvalue weighted by atomic mass is 79.9. The van der Waals surface area contributed by atoms with Gasteiger partial charge in [0.15, 0.2) is 5.82 Å². The molecule has 1 heterocycles. The number of thioether (sulfide) groups is 1. The molecule has 2 N–H and O–H groups in total. The Morgan fingerprint density at radius 2 is 1.78 bits per heavy atom. The Kier molecular flexibility index (Phi) is 6.25. The van der Waals surface area contributed by atoms with E-state index in [-0.39, 0.29) is 0 Å². The highest BCUT2D eigenvalue weighted by Gasteiger charge is 2.14. The third-order valence-corrected chi connectivity index (χ3v) is 5.04. The quantitative estimate of drug-likeness (QED) is 0.459. The Hall–Kier alpha value is -2.65. The minimum Gasteiger partial charge on any atom is -0.338 e. The fraction of sp³-hybridized carbons (Fsp3) is 0.111. The third-order valence-electron chi connectivity index (χ3n) is 3.45. The maximum atomic E-state index is 12.5. The predicted octanol–water partition coefficient (Wildman–Crippen LogP) is 3.51. The lowest BCUT2D eigenvalue weighted by molar-refractivity contribution is 0.0845. The summed E-state index contributed by atoms with van der Waals surface area (Å²) < 4.78 is 5.95. The van der Waals surface area contributed by atoms with Gasteiger partial charge in [-0.3, -0.25) is 20.4 Å². The van der Waals surface area contributed by atoms with Crippen molar-refractivity contribution in [1.82, 2.24) is 21.0 Å². The molecule has 0 radical (unpaired) electrons. The minimum atomic E-state index is -0.412. The molecular formula is C18H15BrN4O3S. The number of aryl methyl sites for hydroxylation is 1. The standard InChI is InChI=1S/C18H15BrN4O3S/c1-11-20-16(26-23-11)10-27-15-5-3-2-4-14(15)18(25)22-21-17(24)12-6-8-13(19)9-7-12/h2-9H,10H2,1H3,(H,21,24)(H,22,25). The summed E-state index contributed by atoms with van der Waals surface area (Å²) in [5, 5.41) is 3.74. The Labute approximate surface area is 168 Å². The number of hydrazine groups is 1. The number of hydrogen-bond donors (Lipinski definition) is 2. The van der Waals surface area contributed by atoms with E-state index < -0.39 is 11.8 Å². The van der Waals surface area contributed by atoms with Crippen LogP contribution in [0.5, 0.6) is 0 Å². The summed E-state index contributed by atoms with van der Waals surface area (Å²) in [6, 6.07) is 13.9. The predicted molar refractivity (Wildman–Crippen MR) is 104 cm³/mol. The molecule has 138 valence electrons. The molecule has 1 aromatic heterocycles. The van der Waals surface area contributed by atoms with Crippen molar-refractivity contribution >= 4 is 39.5 Å². The molecule has 0 aliphatic carbocycles. The molecule has 0 bridgehead atoms. The van der Waals surface area contributed by atoms with Gasteiger partial charge >= 0.3 is 0 Å². The summed E-state index contributed by atoms with van der Waals surface area (Å²) >= 11 is 4.71. The van der Waals surface area contributed by atoms with Crippen molar-refractivity contribution in [2.45, 2.75) is 17.6 Å². The van der Waals surface area contributed by atoms with E-state index in [9.17, 15) is 9.59 Å². The van der Waals surface area contributed by atoms with Gasteiger partial charge in [-0.05, 0) is 43.3 Å². The van der Waals surface area contributed by atoms with Gasteiger partial charge in [0.1, 0.15) is 0 Å². The first-order chi connectivity index (χ1) is 13.0. The van der Waals surface area contributed by atoms with E-state index in [4.69, 9.17) is 4.52 Å². The summed E-state index contributed by atoms with van der Waals surface area (Å²) in [5.41, 5.74) is 5.73. The van der Waals surface area contributed by atoms with E-state index in [1.807, 2.05) is 12.1 Å². The number of aromatic nitrogens is 2. The van der Waals surface area contributed by atoms with Crippen molar-refractivity contribution in [3.05, 3.63) is 75.8 Å². The topological polar surface area (TPSA) is 97.1 Å². The lowest BCUT2D eigenvalue weighted by atomic mass is 10.2. The number of nitrogens with zero attached hydrogens (tertiary/aromatic N) is 2. The summed E-state index contributed by atoms with van der Waals surface area (Å²) in [7, 11) is 0. The van der Waals surface area contributed by atoms with Crippen LogP contribution in [-0.2, 0) is 5.75 Å². The average molecular weight is 447 g/mol. The van der Waals surface area contributed by atoms with E-state index in [2.05, 4.69) is 36.9 Å². The van der Waals surface area contributed by atoms with Crippen LogP contribution in [0.15, 0.2) is 62.4 Å². The van der Waals surface area contributed by atoms with Crippen LogP contribution in [0.1, 0.15) is 32.4 Å². The average Bonchev–Trinajstić information content (AvgIpc) is 3.10. The van der Waals surface area contributed by atoms with Gasteiger partial charge in [0.05, 0.1) is 11.3 Å². The number of amides is 2. The number of hydrogen-bond acceptors (Lipinski definition) is 6. The van der Waals surface area contributed by atoms with Crippen molar-refractivity contribution in [1.29, 1.82) is 0 Å². The lowest BCUT2D eigenvalue weighted by Gasteiger charge is -2.10. The molecule has 3 rings (SSSR count). The van der Waals surface area contributed by atoms with Crippen LogP contribution in [-0.4, -0.2) is 22.0 Å². The summed E-state index contributed by atoms with van der Waals surface area (Å²) in [6.45, 7) is 1.74. The molecule has 0 saturated heterocycles. The molecule has 0 saturated carbocycles. The van der Waals surface area contributed by atoms with E-state index >= 15 is 0 Å². The second-order valence-electron chi connectivity index (χ2n) is 5.44. The molecular weight excluding hydrogens is 432 g/mol. The molecule has 0 aliphatic heterocycles. The molecule has 9 heteroatoms. The van der Waals surface area contributed by atoms with Gasteiger partial charge in [0.2, 0.25) is 5.89 Å². The van der Waals surface area contributed by atoms with Gasteiger partial charge in [-0.2, -0.15) is 4.98 Å². The van der Waals surface area contributed by atoms with Gasteiger partial charge in [-0.25, -0.2) is 0 Å². The number of carbonyl (C=O) groups excluding carboxylic acids is 2. The largest absolute Gasteiger partial charge is 0.338 e. The van der Waals surface area contributed by atoms with Crippen LogP contribution in [0.3, 0.4) is 0 Å². The zero-order chi connectivity index (χ0) is 19.2. The molecule has 0 fully saturated rings. The smallest absolute Gasteiger partial charge is 0.270 e. The van der Waals surface area contributed by atoms with E-state index in [0.29, 0.717) is 28.6 Å². The SMILES string of the molecule is Cc1noc(CSc2ccccc2C(=O)NNC(=O)c2ccc(Br)cc2)n1. The number of nitrogens with one attached hydrogen (secondary N) is 2. The second kappa shape index (κ2) is 8.83. The van der Waals surface area contributed by atoms with Crippen LogP contribution < -0.4 is 10.9 Å². The van der Waals surface area contributed by atoms with Gasteiger partial charge < -0.3 is 4.52 Å². The first kappa shape index (κ1) is 19.1. The van der Waals surface area contributed by atoms with Crippen LogP contribution in [0.4, 0.5) is 0 Å². The van der Waals surface area contributed by atoms with Crippen molar-refractivity contribution in [2.24, 2.45) is 0 Å². The molecule has 0 atom stereocenters. The molecule has 2 amide bonds. The molecule has 0 aliphatic rings. The summed E-state index contributed by atoms with van der Waals surface area (Å²) in [4.78, 5) is 29.5. The van der Waals surface area contributed by atoms with Crippen molar-refractivity contribution < 1.29 is 14.1 Å². The highest BCUT2D eigenvalue weighted by Crippen LogP contribution is 2.25. The minimum absolute atomic E-state index is 0.401. The van der Waals surface area contributed by atoms with E-state index in [1.54, 1.807) is 43.3 Å². The van der Waals surface area contributed by atoms with E-state index in [0.717, 1.165) is 9.37 Å². The third kappa shape index (κ3) is 5.18. The molecule has 27 heavy (non-hydrogen) atoms. The van der Waals surface area contributed by atoms with Crippen molar-refractivity contribution in [3.63, 3.8) is 0 Å². The second-order valence-corrected chi connectivity index (χ2v) is 7.37. The summed E-state index contributed by atoms with van der Waals surface area (Å²) in [6.07, 6.45) is 0. The Morgan fingerprint density at radius 1 is 1.07 bits per heavy atom. The zero-order valence-electron chi connectivity index (χ0n) is 14.2. The first-order valence-electron chi connectivity index (χ1n) is 7.90. The molecule has 7 nitrogen and oxygen atoms in total. The number of benzene rings is 2. The highest BCUT2D eigenvalue weighted by molar-refractivity contribution is 9.10. The van der Waals surface area contributed by atoms with Gasteiger partial charge in [-0.1, -0.05) is 33.2 Å². The van der Waals surface area contributed by atoms with Crippen LogP contribution in [0, 0.1) is 6.92 Å². The Morgan fingerprint density at radius 3 is 2.48 bits per heavy atom. The van der Waals surface area contributed by atoms with E-state index in [1.165, 1.54) is 11.8 Å². The number of carbonyl (C=O) groups is 2. The molecule has 2 aromatic carbocycles. The lowest BCUT2D eigenvalue weighted by Crippen LogP contribution is -2.41. The van der Waals surface area contributed by atoms with Crippen LogP contribution in [0.2, 0.25) is 0 Å². The monoisotopic (exact) mass is 446 g/mol. The van der Waals surface area contributed by atoms with Gasteiger partial charge in [-0.15, -0.1) is 11.8 Å². The maximum absolute atomic E-state index is 12.5. The van der Waals surface area contributed by atoms with Gasteiger partial charge in [0.25, 0.3) is 11.8 Å². The van der Waals surface area contributed by atoms with Crippen LogP contribution in [0.25, 0.3) is 0 Å². The van der Waals surface area contributed by atoms with Gasteiger partial charge in [0, 0.05) is 14.9 Å².